The predicted molar refractivity (Wildman–Crippen MR) is 81.0 cm³/mol. The summed E-state index contributed by atoms with van der Waals surface area (Å²) >= 11 is 5.93. The van der Waals surface area contributed by atoms with Crippen molar-refractivity contribution in [2.24, 2.45) is 0 Å². The fourth-order valence-electron chi connectivity index (χ4n) is 1.80. The number of halogens is 1. The van der Waals surface area contributed by atoms with Crippen molar-refractivity contribution in [1.29, 1.82) is 0 Å². The lowest BCUT2D eigenvalue weighted by Gasteiger charge is -2.11. The first-order valence-corrected chi connectivity index (χ1v) is 6.44. The van der Waals surface area contributed by atoms with E-state index in [1.54, 1.807) is 18.2 Å². The number of anilines is 2. The highest BCUT2D eigenvalue weighted by molar-refractivity contribution is 6.30. The largest absolute Gasteiger partial charge is 0.465 e. The number of hydrogen-bond donors (Lipinski definition) is 2. The second-order valence-electron chi connectivity index (χ2n) is 4.28. The van der Waals surface area contributed by atoms with Gasteiger partial charge in [-0.25, -0.2) is 4.79 Å². The van der Waals surface area contributed by atoms with Gasteiger partial charge in [-0.05, 0) is 35.9 Å². The van der Waals surface area contributed by atoms with Crippen molar-refractivity contribution in [1.82, 2.24) is 0 Å². The summed E-state index contributed by atoms with van der Waals surface area (Å²) in [5.74, 6) is -0.393. The summed E-state index contributed by atoms with van der Waals surface area (Å²) < 4.78 is 4.68. The van der Waals surface area contributed by atoms with Gasteiger partial charge in [-0.15, -0.1) is 0 Å². The molecule has 104 valence electrons. The Bertz CT molecular complexity index is 629. The van der Waals surface area contributed by atoms with Gasteiger partial charge in [0.25, 0.3) is 0 Å². The van der Waals surface area contributed by atoms with Crippen LogP contribution in [0, 0.1) is 0 Å². The second kappa shape index (κ2) is 6.30. The molecule has 3 N–H and O–H groups in total. The molecule has 0 aliphatic heterocycles. The molecule has 0 saturated carbocycles. The smallest absolute Gasteiger partial charge is 0.337 e. The molecule has 0 aromatic heterocycles. The molecule has 0 spiro atoms. The number of rotatable bonds is 4. The van der Waals surface area contributed by atoms with Gasteiger partial charge in [-0.3, -0.25) is 0 Å². The fourth-order valence-corrected chi connectivity index (χ4v) is 2.01. The molecule has 0 aliphatic rings. The molecule has 4 nitrogen and oxygen atoms in total. The minimum absolute atomic E-state index is 0.393. The van der Waals surface area contributed by atoms with E-state index in [0.717, 1.165) is 5.56 Å². The molecule has 2 rings (SSSR count). The zero-order valence-corrected chi connectivity index (χ0v) is 11.8. The van der Waals surface area contributed by atoms with Crippen molar-refractivity contribution in [2.45, 2.75) is 6.54 Å². The van der Waals surface area contributed by atoms with Gasteiger partial charge in [0, 0.05) is 11.6 Å². The number of nitrogen functional groups attached to an aromatic ring is 1. The van der Waals surface area contributed by atoms with Gasteiger partial charge in [-0.2, -0.15) is 0 Å². The molecule has 0 bridgehead atoms. The van der Waals surface area contributed by atoms with Gasteiger partial charge in [-0.1, -0.05) is 23.7 Å². The highest BCUT2D eigenvalue weighted by Crippen LogP contribution is 2.22. The van der Waals surface area contributed by atoms with E-state index in [-0.39, 0.29) is 0 Å². The molecule has 0 amide bonds. The summed E-state index contributed by atoms with van der Waals surface area (Å²) in [5, 5.41) is 3.87. The average molecular weight is 291 g/mol. The van der Waals surface area contributed by atoms with Crippen molar-refractivity contribution >= 4 is 28.9 Å². The minimum atomic E-state index is -0.393. The summed E-state index contributed by atoms with van der Waals surface area (Å²) in [6.45, 7) is 0.565. The maximum Gasteiger partial charge on any atom is 0.337 e. The Hall–Kier alpha value is -2.20. The van der Waals surface area contributed by atoms with Crippen LogP contribution in [0.2, 0.25) is 5.02 Å². The Labute approximate surface area is 122 Å². The van der Waals surface area contributed by atoms with E-state index in [0.29, 0.717) is 28.5 Å². The van der Waals surface area contributed by atoms with Gasteiger partial charge in [0.1, 0.15) is 0 Å². The SMILES string of the molecule is COC(=O)c1ccc(N)c(NCc2cccc(Cl)c2)c1. The third-order valence-electron chi connectivity index (χ3n) is 2.85. The van der Waals surface area contributed by atoms with Crippen LogP contribution >= 0.6 is 11.6 Å². The number of carbonyl (C=O) groups excluding carboxylic acids is 1. The molecule has 0 aliphatic carbocycles. The molecule has 2 aromatic carbocycles. The van der Waals surface area contributed by atoms with Gasteiger partial charge in [0.2, 0.25) is 0 Å². The summed E-state index contributed by atoms with van der Waals surface area (Å²) in [6, 6.07) is 12.5. The van der Waals surface area contributed by atoms with Crippen LogP contribution in [0.1, 0.15) is 15.9 Å². The van der Waals surface area contributed by atoms with Crippen molar-refractivity contribution < 1.29 is 9.53 Å². The van der Waals surface area contributed by atoms with E-state index in [4.69, 9.17) is 17.3 Å². The van der Waals surface area contributed by atoms with E-state index >= 15 is 0 Å². The van der Waals surface area contributed by atoms with Crippen LogP contribution in [0.3, 0.4) is 0 Å². The maximum atomic E-state index is 11.5. The molecule has 0 atom stereocenters. The molecule has 2 aromatic rings. The Kier molecular flexibility index (Phi) is 4.48. The zero-order chi connectivity index (χ0) is 14.5. The number of hydrogen-bond acceptors (Lipinski definition) is 4. The van der Waals surface area contributed by atoms with Crippen LogP contribution in [0.15, 0.2) is 42.5 Å². The second-order valence-corrected chi connectivity index (χ2v) is 4.71. The van der Waals surface area contributed by atoms with Gasteiger partial charge in [0.15, 0.2) is 0 Å². The predicted octanol–water partition coefficient (Wildman–Crippen LogP) is 3.32. The standard InChI is InChI=1S/C15H15ClN2O2/c1-20-15(19)11-5-6-13(17)14(8-11)18-9-10-3-2-4-12(16)7-10/h2-8,18H,9,17H2,1H3. The van der Waals surface area contributed by atoms with E-state index in [1.807, 2.05) is 24.3 Å². The summed E-state index contributed by atoms with van der Waals surface area (Å²) in [6.07, 6.45) is 0. The third kappa shape index (κ3) is 3.42. The zero-order valence-electron chi connectivity index (χ0n) is 11.0. The number of esters is 1. The molecular weight excluding hydrogens is 276 g/mol. The van der Waals surface area contributed by atoms with Crippen LogP contribution in [0.4, 0.5) is 11.4 Å². The number of nitrogens with one attached hydrogen (secondary N) is 1. The lowest BCUT2D eigenvalue weighted by atomic mass is 10.1. The Balaban J connectivity index is 2.14. The molecule has 0 heterocycles. The Morgan fingerprint density at radius 2 is 2.10 bits per heavy atom. The summed E-state index contributed by atoms with van der Waals surface area (Å²) in [4.78, 5) is 11.5. The molecule has 20 heavy (non-hydrogen) atoms. The average Bonchev–Trinajstić information content (AvgIpc) is 2.45. The summed E-state index contributed by atoms with van der Waals surface area (Å²) in [7, 11) is 1.35. The topological polar surface area (TPSA) is 64.3 Å². The van der Waals surface area contributed by atoms with Gasteiger partial charge in [0.05, 0.1) is 24.0 Å². The fraction of sp³-hybridized carbons (Fsp3) is 0.133. The molecule has 0 radical (unpaired) electrons. The monoisotopic (exact) mass is 290 g/mol. The highest BCUT2D eigenvalue weighted by Gasteiger charge is 2.08. The van der Waals surface area contributed by atoms with Crippen LogP contribution in [0.25, 0.3) is 0 Å². The molecule has 0 saturated heterocycles. The molecule has 5 heteroatoms. The highest BCUT2D eigenvalue weighted by atomic mass is 35.5. The normalized spacial score (nSPS) is 10.1. The quantitative estimate of drug-likeness (QED) is 0.670. The first kappa shape index (κ1) is 14.2. The third-order valence-corrected chi connectivity index (χ3v) is 3.08. The van der Waals surface area contributed by atoms with Crippen molar-refractivity contribution in [3.63, 3.8) is 0 Å². The Morgan fingerprint density at radius 1 is 1.30 bits per heavy atom. The van der Waals surface area contributed by atoms with E-state index in [2.05, 4.69) is 10.1 Å². The van der Waals surface area contributed by atoms with Crippen LogP contribution in [-0.2, 0) is 11.3 Å². The number of methoxy groups -OCH3 is 1. The van der Waals surface area contributed by atoms with Crippen molar-refractivity contribution in [3.05, 3.63) is 58.6 Å². The number of carbonyl (C=O) groups is 1. The maximum absolute atomic E-state index is 11.5. The minimum Gasteiger partial charge on any atom is -0.465 e. The van der Waals surface area contributed by atoms with E-state index < -0.39 is 5.97 Å². The number of benzene rings is 2. The van der Waals surface area contributed by atoms with Crippen molar-refractivity contribution in [3.8, 4) is 0 Å². The van der Waals surface area contributed by atoms with E-state index in [1.165, 1.54) is 7.11 Å². The summed E-state index contributed by atoms with van der Waals surface area (Å²) in [5.41, 5.74) is 8.62. The first-order chi connectivity index (χ1) is 9.60. The van der Waals surface area contributed by atoms with Crippen LogP contribution in [0.5, 0.6) is 0 Å². The van der Waals surface area contributed by atoms with Crippen LogP contribution in [-0.4, -0.2) is 13.1 Å². The first-order valence-electron chi connectivity index (χ1n) is 6.06. The van der Waals surface area contributed by atoms with E-state index in [9.17, 15) is 4.79 Å². The molecular formula is C15H15ClN2O2. The van der Waals surface area contributed by atoms with Gasteiger partial charge >= 0.3 is 5.97 Å². The number of ether oxygens (including phenoxy) is 1. The Morgan fingerprint density at radius 3 is 2.80 bits per heavy atom. The molecule has 0 fully saturated rings. The lowest BCUT2D eigenvalue weighted by molar-refractivity contribution is 0.0601. The number of nitrogens with two attached hydrogens (primary N) is 1. The van der Waals surface area contributed by atoms with Gasteiger partial charge < -0.3 is 15.8 Å². The molecule has 0 unspecified atom stereocenters. The van der Waals surface area contributed by atoms with Crippen molar-refractivity contribution in [2.75, 3.05) is 18.2 Å². The lowest BCUT2D eigenvalue weighted by Crippen LogP contribution is -2.06. The van der Waals surface area contributed by atoms with Crippen LogP contribution < -0.4 is 11.1 Å².